The summed E-state index contributed by atoms with van der Waals surface area (Å²) in [6.07, 6.45) is 0.882. The average molecular weight is 350 g/mol. The van der Waals surface area contributed by atoms with E-state index in [1.807, 2.05) is 0 Å². The molecule has 2 atom stereocenters. The van der Waals surface area contributed by atoms with Crippen molar-refractivity contribution in [2.75, 3.05) is 13.1 Å². The van der Waals surface area contributed by atoms with Gasteiger partial charge in [-0.25, -0.2) is 8.42 Å². The highest BCUT2D eigenvalue weighted by Gasteiger charge is 2.35. The summed E-state index contributed by atoms with van der Waals surface area (Å²) in [5, 5.41) is 4.20. The topological polar surface area (TPSA) is 55.2 Å². The van der Waals surface area contributed by atoms with Crippen molar-refractivity contribution in [3.05, 3.63) is 11.4 Å². The molecule has 0 bridgehead atoms. The Morgan fingerprint density at radius 1 is 1.37 bits per heavy atom. The van der Waals surface area contributed by atoms with Crippen molar-refractivity contribution in [1.29, 1.82) is 0 Å². The summed E-state index contributed by atoms with van der Waals surface area (Å²) in [5.74, 6) is 0.502. The Labute approximate surface area is 123 Å². The highest BCUT2D eigenvalue weighted by Crippen LogP contribution is 2.29. The van der Waals surface area contributed by atoms with Crippen LogP contribution < -0.4 is 0 Å². The zero-order chi connectivity index (χ0) is 14.4. The molecule has 19 heavy (non-hydrogen) atoms. The van der Waals surface area contributed by atoms with Crippen molar-refractivity contribution in [3.63, 3.8) is 0 Å². The van der Waals surface area contributed by atoms with Gasteiger partial charge in [-0.2, -0.15) is 9.40 Å². The summed E-state index contributed by atoms with van der Waals surface area (Å²) >= 11 is 3.57. The van der Waals surface area contributed by atoms with E-state index in [2.05, 4.69) is 28.0 Å². The summed E-state index contributed by atoms with van der Waals surface area (Å²) in [5.41, 5.74) is 1.27. The number of rotatable bonds is 2. The molecule has 1 saturated heterocycles. The Balaban J connectivity index is 2.38. The van der Waals surface area contributed by atoms with Gasteiger partial charge in [0, 0.05) is 25.0 Å². The Morgan fingerprint density at radius 3 is 2.47 bits per heavy atom. The van der Waals surface area contributed by atoms with E-state index in [0.717, 1.165) is 6.42 Å². The van der Waals surface area contributed by atoms with Crippen LogP contribution in [0, 0.1) is 19.8 Å². The molecule has 5 nitrogen and oxygen atoms in total. The second-order valence-electron chi connectivity index (χ2n) is 5.27. The van der Waals surface area contributed by atoms with Gasteiger partial charge in [-0.3, -0.25) is 4.68 Å². The van der Waals surface area contributed by atoms with Gasteiger partial charge in [0.05, 0.1) is 11.4 Å². The number of sulfonamides is 1. The first-order valence-corrected chi connectivity index (χ1v) is 8.75. The molecule has 0 saturated carbocycles. The number of aryl methyl sites for hydroxylation is 2. The second-order valence-corrected chi connectivity index (χ2v) is 8.32. The Morgan fingerprint density at radius 2 is 2.00 bits per heavy atom. The average Bonchev–Trinajstić information content (AvgIpc) is 2.57. The van der Waals surface area contributed by atoms with Crippen molar-refractivity contribution in [3.8, 4) is 0 Å². The van der Waals surface area contributed by atoms with Crippen LogP contribution in [0.15, 0.2) is 4.90 Å². The summed E-state index contributed by atoms with van der Waals surface area (Å²) < 4.78 is 28.7. The lowest BCUT2D eigenvalue weighted by Gasteiger charge is -2.33. The summed E-state index contributed by atoms with van der Waals surface area (Å²) in [6, 6.07) is 0. The van der Waals surface area contributed by atoms with Gasteiger partial charge in [-0.05, 0) is 26.2 Å². The smallest absolute Gasteiger partial charge is 0.246 e. The van der Waals surface area contributed by atoms with Crippen LogP contribution in [-0.4, -0.2) is 40.4 Å². The van der Waals surface area contributed by atoms with Crippen molar-refractivity contribution in [1.82, 2.24) is 14.1 Å². The van der Waals surface area contributed by atoms with Gasteiger partial charge in [-0.15, -0.1) is 0 Å². The van der Waals surface area contributed by atoms with E-state index in [9.17, 15) is 8.42 Å². The first-order valence-electron chi connectivity index (χ1n) is 6.39. The maximum absolute atomic E-state index is 12.7. The molecule has 2 rings (SSSR count). The highest BCUT2D eigenvalue weighted by atomic mass is 79.9. The number of piperidine rings is 1. The van der Waals surface area contributed by atoms with Crippen LogP contribution in [-0.2, 0) is 17.1 Å². The van der Waals surface area contributed by atoms with Gasteiger partial charge >= 0.3 is 0 Å². The molecular formula is C12H20BrN3O2S. The SMILES string of the molecule is Cc1nn(C)c(C)c1S(=O)(=O)N1CCC(C)C(Br)C1. The van der Waals surface area contributed by atoms with Crippen LogP contribution in [0.3, 0.4) is 0 Å². The number of alkyl halides is 1. The minimum absolute atomic E-state index is 0.216. The van der Waals surface area contributed by atoms with Gasteiger partial charge in [0.25, 0.3) is 0 Å². The van der Waals surface area contributed by atoms with Crippen molar-refractivity contribution in [2.24, 2.45) is 13.0 Å². The Kier molecular flexibility index (Phi) is 4.09. The number of hydrogen-bond donors (Lipinski definition) is 0. The third-order valence-electron chi connectivity index (χ3n) is 3.87. The lowest BCUT2D eigenvalue weighted by molar-refractivity contribution is 0.299. The largest absolute Gasteiger partial charge is 0.271 e. The molecule has 108 valence electrons. The molecule has 0 N–H and O–H groups in total. The standard InChI is InChI=1S/C12H20BrN3O2S/c1-8-5-6-16(7-11(8)13)19(17,18)12-9(2)14-15(4)10(12)3/h8,11H,5-7H2,1-4H3. The molecule has 1 aromatic heterocycles. The number of aromatic nitrogens is 2. The summed E-state index contributed by atoms with van der Waals surface area (Å²) in [7, 11) is -1.67. The molecule has 1 aliphatic heterocycles. The minimum Gasteiger partial charge on any atom is -0.271 e. The predicted octanol–water partition coefficient (Wildman–Crippen LogP) is 1.83. The molecule has 1 aliphatic rings. The molecular weight excluding hydrogens is 330 g/mol. The van der Waals surface area contributed by atoms with Gasteiger partial charge < -0.3 is 0 Å². The first-order chi connectivity index (χ1) is 8.75. The van der Waals surface area contributed by atoms with Crippen LogP contribution in [0.5, 0.6) is 0 Å². The normalized spacial score (nSPS) is 25.7. The predicted molar refractivity (Wildman–Crippen MR) is 77.9 cm³/mol. The second kappa shape index (κ2) is 5.18. The third kappa shape index (κ3) is 2.60. The fraction of sp³-hybridized carbons (Fsp3) is 0.750. The first kappa shape index (κ1) is 15.0. The highest BCUT2D eigenvalue weighted by molar-refractivity contribution is 9.09. The zero-order valence-corrected chi connectivity index (χ0v) is 14.1. The monoisotopic (exact) mass is 349 g/mol. The van der Waals surface area contributed by atoms with Gasteiger partial charge in [0.15, 0.2) is 0 Å². The molecule has 2 heterocycles. The summed E-state index contributed by atoms with van der Waals surface area (Å²) in [4.78, 5) is 0.581. The van der Waals surface area contributed by atoms with Crippen molar-refractivity contribution < 1.29 is 8.42 Å². The van der Waals surface area contributed by atoms with E-state index < -0.39 is 10.0 Å². The Bertz CT molecular complexity index is 582. The van der Waals surface area contributed by atoms with E-state index in [-0.39, 0.29) is 4.83 Å². The van der Waals surface area contributed by atoms with Gasteiger partial charge in [-0.1, -0.05) is 22.9 Å². The van der Waals surface area contributed by atoms with Gasteiger partial charge in [0.1, 0.15) is 4.90 Å². The quantitative estimate of drug-likeness (QED) is 0.765. The molecule has 0 amide bonds. The lowest BCUT2D eigenvalue weighted by atomic mass is 10.0. The van der Waals surface area contributed by atoms with E-state index in [4.69, 9.17) is 0 Å². The molecule has 0 spiro atoms. The van der Waals surface area contributed by atoms with Crippen LogP contribution in [0.4, 0.5) is 0 Å². The van der Waals surface area contributed by atoms with E-state index >= 15 is 0 Å². The maximum atomic E-state index is 12.7. The fourth-order valence-corrected chi connectivity index (χ4v) is 5.16. The molecule has 0 radical (unpaired) electrons. The van der Waals surface area contributed by atoms with E-state index in [0.29, 0.717) is 35.3 Å². The van der Waals surface area contributed by atoms with Crippen LogP contribution in [0.25, 0.3) is 0 Å². The maximum Gasteiger partial charge on any atom is 0.246 e. The molecule has 2 unspecified atom stereocenters. The van der Waals surface area contributed by atoms with Crippen LogP contribution >= 0.6 is 15.9 Å². The zero-order valence-electron chi connectivity index (χ0n) is 11.7. The van der Waals surface area contributed by atoms with E-state index in [1.165, 1.54) is 0 Å². The molecule has 0 aliphatic carbocycles. The van der Waals surface area contributed by atoms with E-state index in [1.54, 1.807) is 29.9 Å². The Hall–Kier alpha value is -0.400. The molecule has 1 fully saturated rings. The lowest BCUT2D eigenvalue weighted by Crippen LogP contribution is -2.43. The number of hydrogen-bond acceptors (Lipinski definition) is 3. The molecule has 0 aromatic carbocycles. The minimum atomic E-state index is -3.44. The molecule has 1 aromatic rings. The number of nitrogens with zero attached hydrogens (tertiary/aromatic N) is 3. The summed E-state index contributed by atoms with van der Waals surface area (Å²) in [6.45, 7) is 6.80. The number of halogens is 1. The fourth-order valence-electron chi connectivity index (χ4n) is 2.47. The molecule has 7 heteroatoms. The van der Waals surface area contributed by atoms with Crippen molar-refractivity contribution >= 4 is 26.0 Å². The van der Waals surface area contributed by atoms with Crippen molar-refractivity contribution in [2.45, 2.75) is 36.9 Å². The third-order valence-corrected chi connectivity index (χ3v) is 7.18. The van der Waals surface area contributed by atoms with Crippen LogP contribution in [0.1, 0.15) is 24.7 Å². The van der Waals surface area contributed by atoms with Gasteiger partial charge in [0.2, 0.25) is 10.0 Å². The van der Waals surface area contributed by atoms with Crippen LogP contribution in [0.2, 0.25) is 0 Å².